The molecule has 1 atom stereocenters. The second-order valence-electron chi connectivity index (χ2n) is 6.88. The van der Waals surface area contributed by atoms with E-state index in [0.29, 0.717) is 31.1 Å². The molecule has 0 saturated carbocycles. The molecule has 0 aromatic heterocycles. The van der Waals surface area contributed by atoms with Gasteiger partial charge >= 0.3 is 6.18 Å². The normalized spacial score (nSPS) is 18.7. The molecule has 8 heteroatoms. The van der Waals surface area contributed by atoms with Crippen LogP contribution in [0.3, 0.4) is 0 Å². The summed E-state index contributed by atoms with van der Waals surface area (Å²) in [5, 5.41) is 5.48. The highest BCUT2D eigenvalue weighted by Gasteiger charge is 2.33. The Bertz CT molecular complexity index is 647. The van der Waals surface area contributed by atoms with Gasteiger partial charge < -0.3 is 10.6 Å². The number of nitrogens with one attached hydrogen (secondary N) is 2. The lowest BCUT2D eigenvalue weighted by Gasteiger charge is -2.34. The van der Waals surface area contributed by atoms with Gasteiger partial charge in [0, 0.05) is 26.2 Å². The summed E-state index contributed by atoms with van der Waals surface area (Å²) in [7, 11) is 0. The van der Waals surface area contributed by atoms with E-state index in [1.807, 2.05) is 13.8 Å². The van der Waals surface area contributed by atoms with E-state index in [4.69, 9.17) is 0 Å². The topological polar surface area (TPSA) is 61.4 Å². The lowest BCUT2D eigenvalue weighted by molar-refractivity contribution is -0.137. The number of rotatable bonds is 6. The van der Waals surface area contributed by atoms with Crippen molar-refractivity contribution in [2.45, 2.75) is 39.0 Å². The summed E-state index contributed by atoms with van der Waals surface area (Å²) in [6, 6.07) is 4.36. The average Bonchev–Trinajstić information content (AvgIpc) is 2.55. The largest absolute Gasteiger partial charge is 0.416 e. The maximum absolute atomic E-state index is 12.9. The molecule has 0 radical (unpaired) electrons. The minimum absolute atomic E-state index is 0.0164. The van der Waals surface area contributed by atoms with Gasteiger partial charge in [0.05, 0.1) is 18.0 Å². The molecular weight excluding hydrogens is 347 g/mol. The van der Waals surface area contributed by atoms with Crippen molar-refractivity contribution in [3.8, 4) is 0 Å². The SMILES string of the molecule is CC(C)CNC(=O)C[C@@H]1C(=O)NCCN1Cc1cccc(C(F)(F)F)c1. The van der Waals surface area contributed by atoms with E-state index in [1.165, 1.54) is 6.07 Å². The molecule has 1 aliphatic rings. The van der Waals surface area contributed by atoms with Gasteiger partial charge in [0.1, 0.15) is 0 Å². The molecule has 144 valence electrons. The molecule has 1 saturated heterocycles. The summed E-state index contributed by atoms with van der Waals surface area (Å²) in [6.07, 6.45) is -4.43. The predicted octanol–water partition coefficient (Wildman–Crippen LogP) is 2.17. The summed E-state index contributed by atoms with van der Waals surface area (Å²) in [5.41, 5.74) is -0.259. The Kier molecular flexibility index (Phi) is 6.63. The van der Waals surface area contributed by atoms with Crippen LogP contribution in [0.15, 0.2) is 24.3 Å². The van der Waals surface area contributed by atoms with Crippen molar-refractivity contribution in [1.29, 1.82) is 0 Å². The van der Waals surface area contributed by atoms with Gasteiger partial charge in [0.15, 0.2) is 0 Å². The van der Waals surface area contributed by atoms with E-state index >= 15 is 0 Å². The molecule has 0 bridgehead atoms. The van der Waals surface area contributed by atoms with Crippen LogP contribution >= 0.6 is 0 Å². The van der Waals surface area contributed by atoms with Crippen LogP contribution in [0.5, 0.6) is 0 Å². The van der Waals surface area contributed by atoms with Gasteiger partial charge in [0.25, 0.3) is 0 Å². The molecule has 2 amide bonds. The highest BCUT2D eigenvalue weighted by atomic mass is 19.4. The number of benzene rings is 1. The maximum atomic E-state index is 12.9. The van der Waals surface area contributed by atoms with Crippen molar-refractivity contribution in [3.05, 3.63) is 35.4 Å². The number of carbonyl (C=O) groups is 2. The van der Waals surface area contributed by atoms with Crippen LogP contribution in [0, 0.1) is 5.92 Å². The summed E-state index contributed by atoms with van der Waals surface area (Å²) in [6.45, 7) is 5.51. The molecule has 1 aromatic rings. The minimum atomic E-state index is -4.41. The van der Waals surface area contributed by atoms with Crippen LogP contribution in [0.2, 0.25) is 0 Å². The maximum Gasteiger partial charge on any atom is 0.416 e. The zero-order valence-electron chi connectivity index (χ0n) is 14.9. The third-order valence-electron chi connectivity index (χ3n) is 4.17. The van der Waals surface area contributed by atoms with Gasteiger partial charge in [0.2, 0.25) is 11.8 Å². The molecule has 2 N–H and O–H groups in total. The molecule has 0 spiro atoms. The van der Waals surface area contributed by atoms with E-state index in [0.717, 1.165) is 12.1 Å². The van der Waals surface area contributed by atoms with Crippen LogP contribution in [-0.2, 0) is 22.3 Å². The first-order valence-electron chi connectivity index (χ1n) is 8.61. The Labute approximate surface area is 150 Å². The van der Waals surface area contributed by atoms with Crippen molar-refractivity contribution in [3.63, 3.8) is 0 Å². The summed E-state index contributed by atoms with van der Waals surface area (Å²) in [5.74, 6) is -0.224. The molecule has 1 aliphatic heterocycles. The third kappa shape index (κ3) is 5.72. The number of hydrogen-bond acceptors (Lipinski definition) is 3. The van der Waals surface area contributed by atoms with Crippen LogP contribution in [0.4, 0.5) is 13.2 Å². The summed E-state index contributed by atoms with van der Waals surface area (Å²) < 4.78 is 38.6. The van der Waals surface area contributed by atoms with E-state index in [2.05, 4.69) is 10.6 Å². The Balaban J connectivity index is 2.08. The smallest absolute Gasteiger partial charge is 0.356 e. The number of amides is 2. The zero-order chi connectivity index (χ0) is 19.3. The van der Waals surface area contributed by atoms with Crippen molar-refractivity contribution >= 4 is 11.8 Å². The first-order chi connectivity index (χ1) is 12.2. The number of piperazine rings is 1. The monoisotopic (exact) mass is 371 g/mol. The fourth-order valence-corrected chi connectivity index (χ4v) is 2.82. The highest BCUT2D eigenvalue weighted by molar-refractivity contribution is 5.88. The molecule has 5 nitrogen and oxygen atoms in total. The lowest BCUT2D eigenvalue weighted by Crippen LogP contribution is -2.56. The molecule has 0 unspecified atom stereocenters. The molecular formula is C18H24F3N3O2. The van der Waals surface area contributed by atoms with Gasteiger partial charge in [-0.2, -0.15) is 13.2 Å². The Morgan fingerprint density at radius 3 is 2.77 bits per heavy atom. The van der Waals surface area contributed by atoms with E-state index in [9.17, 15) is 22.8 Å². The number of hydrogen-bond donors (Lipinski definition) is 2. The standard InChI is InChI=1S/C18H24F3N3O2/c1-12(2)10-23-16(25)9-15-17(26)22-6-7-24(15)11-13-4-3-5-14(8-13)18(19,20)21/h3-5,8,12,15H,6-7,9-11H2,1-2H3,(H,22,26)(H,23,25)/t15-/m1/s1. The van der Waals surface area contributed by atoms with Gasteiger partial charge in [-0.25, -0.2) is 0 Å². The van der Waals surface area contributed by atoms with E-state index < -0.39 is 17.8 Å². The summed E-state index contributed by atoms with van der Waals surface area (Å²) in [4.78, 5) is 26.0. The van der Waals surface area contributed by atoms with Crippen LogP contribution in [0.25, 0.3) is 0 Å². The first kappa shape index (κ1) is 20.2. The Morgan fingerprint density at radius 2 is 2.12 bits per heavy atom. The molecule has 1 heterocycles. The Hall–Kier alpha value is -2.09. The molecule has 26 heavy (non-hydrogen) atoms. The molecule has 1 fully saturated rings. The number of alkyl halides is 3. The molecule has 2 rings (SSSR count). The number of halogens is 3. The number of carbonyl (C=O) groups excluding carboxylic acids is 2. The van der Waals surface area contributed by atoms with E-state index in [1.54, 1.807) is 11.0 Å². The van der Waals surface area contributed by atoms with Gasteiger partial charge in [-0.3, -0.25) is 14.5 Å². The van der Waals surface area contributed by atoms with Crippen LogP contribution < -0.4 is 10.6 Å². The zero-order valence-corrected chi connectivity index (χ0v) is 14.9. The highest BCUT2D eigenvalue weighted by Crippen LogP contribution is 2.30. The third-order valence-corrected chi connectivity index (χ3v) is 4.17. The lowest BCUT2D eigenvalue weighted by atomic mass is 10.0. The fraction of sp³-hybridized carbons (Fsp3) is 0.556. The van der Waals surface area contributed by atoms with Gasteiger partial charge in [-0.1, -0.05) is 32.0 Å². The first-order valence-corrected chi connectivity index (χ1v) is 8.61. The minimum Gasteiger partial charge on any atom is -0.356 e. The van der Waals surface area contributed by atoms with Crippen molar-refractivity contribution < 1.29 is 22.8 Å². The molecule has 0 aliphatic carbocycles. The van der Waals surface area contributed by atoms with Crippen molar-refractivity contribution in [2.24, 2.45) is 5.92 Å². The predicted molar refractivity (Wildman–Crippen MR) is 91.1 cm³/mol. The van der Waals surface area contributed by atoms with E-state index in [-0.39, 0.29) is 24.8 Å². The number of nitrogens with zero attached hydrogens (tertiary/aromatic N) is 1. The van der Waals surface area contributed by atoms with Crippen LogP contribution in [0.1, 0.15) is 31.4 Å². The Morgan fingerprint density at radius 1 is 1.38 bits per heavy atom. The van der Waals surface area contributed by atoms with Crippen molar-refractivity contribution in [1.82, 2.24) is 15.5 Å². The second-order valence-corrected chi connectivity index (χ2v) is 6.88. The van der Waals surface area contributed by atoms with Gasteiger partial charge in [-0.05, 0) is 17.5 Å². The quantitative estimate of drug-likeness (QED) is 0.806. The molecule has 1 aromatic carbocycles. The fourth-order valence-electron chi connectivity index (χ4n) is 2.82. The van der Waals surface area contributed by atoms with Crippen molar-refractivity contribution in [2.75, 3.05) is 19.6 Å². The summed E-state index contributed by atoms with van der Waals surface area (Å²) >= 11 is 0. The van der Waals surface area contributed by atoms with Crippen LogP contribution in [-0.4, -0.2) is 42.4 Å². The second kappa shape index (κ2) is 8.53. The average molecular weight is 371 g/mol. The van der Waals surface area contributed by atoms with Gasteiger partial charge in [-0.15, -0.1) is 0 Å².